The van der Waals surface area contributed by atoms with E-state index in [2.05, 4.69) is 10.6 Å². The van der Waals surface area contributed by atoms with Gasteiger partial charge in [0.15, 0.2) is 0 Å². The Hall–Kier alpha value is -3.22. The number of carbonyl (C=O) groups excluding carboxylic acids is 1. The average molecular weight is 339 g/mol. The Bertz CT molecular complexity index is 919. The number of hydrogen-bond donors (Lipinski definition) is 1. The van der Waals surface area contributed by atoms with E-state index in [1.807, 2.05) is 18.3 Å². The van der Waals surface area contributed by atoms with E-state index < -0.39 is 5.97 Å². The maximum absolute atomic E-state index is 13.3. The topological polar surface area (TPSA) is 77.4 Å². The molecule has 0 fully saturated rings. The molecule has 3 aromatic rings. The maximum atomic E-state index is 13.3. The highest BCUT2D eigenvalue weighted by Crippen LogP contribution is 2.31. The Morgan fingerprint density at radius 1 is 1.24 bits per heavy atom. The highest BCUT2D eigenvalue weighted by atomic mass is 19.1. The third-order valence-corrected chi connectivity index (χ3v) is 3.81. The second-order valence-electron chi connectivity index (χ2n) is 5.41. The molecule has 0 saturated heterocycles. The van der Waals surface area contributed by atoms with Crippen molar-refractivity contribution in [3.05, 3.63) is 71.3 Å². The molecule has 1 N–H and O–H groups in total. The molecule has 0 aliphatic carbocycles. The van der Waals surface area contributed by atoms with Crippen LogP contribution in [-0.2, 0) is 11.3 Å². The Morgan fingerprint density at radius 3 is 2.68 bits per heavy atom. The number of rotatable bonds is 6. The van der Waals surface area contributed by atoms with E-state index in [1.54, 1.807) is 29.7 Å². The van der Waals surface area contributed by atoms with Crippen molar-refractivity contribution in [1.82, 2.24) is 9.83 Å². The number of esters is 1. The van der Waals surface area contributed by atoms with Crippen molar-refractivity contribution < 1.29 is 13.9 Å². The van der Waals surface area contributed by atoms with Crippen molar-refractivity contribution in [3.8, 4) is 11.1 Å². The first-order chi connectivity index (χ1) is 12.1. The molecule has 0 atom stereocenters. The first kappa shape index (κ1) is 16.6. The van der Waals surface area contributed by atoms with Gasteiger partial charge in [-0.15, -0.1) is 0 Å². The van der Waals surface area contributed by atoms with E-state index in [9.17, 15) is 9.18 Å². The zero-order valence-corrected chi connectivity index (χ0v) is 13.6. The van der Waals surface area contributed by atoms with Gasteiger partial charge < -0.3 is 20.1 Å². The molecule has 6 nitrogen and oxygen atoms in total. The second kappa shape index (κ2) is 7.12. The van der Waals surface area contributed by atoms with E-state index in [0.29, 0.717) is 17.7 Å². The molecule has 0 amide bonds. The van der Waals surface area contributed by atoms with Crippen molar-refractivity contribution in [2.45, 2.75) is 13.5 Å². The highest BCUT2D eigenvalue weighted by molar-refractivity contribution is 6.02. The first-order valence-electron chi connectivity index (χ1n) is 7.77. The molecule has 1 aromatic carbocycles. The highest BCUT2D eigenvalue weighted by Gasteiger charge is 2.19. The number of ether oxygens (including phenoxy) is 1. The number of aromatic nitrogens is 1. The van der Waals surface area contributed by atoms with Crippen LogP contribution in [0.25, 0.3) is 22.2 Å². The number of fused-ring (bicyclic) bond motifs is 1. The van der Waals surface area contributed by atoms with Crippen LogP contribution in [0.3, 0.4) is 0 Å². The van der Waals surface area contributed by atoms with Gasteiger partial charge in [-0.2, -0.15) is 0 Å². The van der Waals surface area contributed by atoms with Gasteiger partial charge in [0.1, 0.15) is 5.82 Å². The molecule has 0 unspecified atom stereocenters. The molecule has 0 spiro atoms. The van der Waals surface area contributed by atoms with Crippen LogP contribution in [0.2, 0.25) is 0 Å². The lowest BCUT2D eigenvalue weighted by Gasteiger charge is -2.08. The summed E-state index contributed by atoms with van der Waals surface area (Å²) in [6, 6.07) is 9.69. The van der Waals surface area contributed by atoms with Gasteiger partial charge in [-0.3, -0.25) is 5.22 Å². The van der Waals surface area contributed by atoms with Gasteiger partial charge >= 0.3 is 5.97 Å². The monoisotopic (exact) mass is 339 g/mol. The number of halogens is 1. The number of benzene rings is 1. The molecule has 128 valence electrons. The lowest BCUT2D eigenvalue weighted by molar-refractivity contribution is 0.0527. The van der Waals surface area contributed by atoms with Crippen LogP contribution in [0, 0.1) is 5.82 Å². The fourth-order valence-corrected chi connectivity index (χ4v) is 2.74. The molecule has 7 heteroatoms. The number of pyridine rings is 1. The average Bonchev–Trinajstić information content (AvgIpc) is 2.99. The summed E-state index contributed by atoms with van der Waals surface area (Å²) in [5.41, 5.74) is 14.4. The molecule has 0 saturated carbocycles. The Balaban J connectivity index is 2.16. The zero-order valence-electron chi connectivity index (χ0n) is 13.6. The molecule has 2 aromatic heterocycles. The SMILES string of the molecule is CCOC(=O)c1cn2cc(CNN=[N-])ccc2c1-c1ccc(F)cc1. The Kier molecular flexibility index (Phi) is 4.74. The maximum Gasteiger partial charge on any atom is 0.340 e. The van der Waals surface area contributed by atoms with Crippen molar-refractivity contribution >= 4 is 11.5 Å². The van der Waals surface area contributed by atoms with E-state index in [0.717, 1.165) is 16.6 Å². The molecular formula is C18H16FN4O2-. The van der Waals surface area contributed by atoms with Crippen molar-refractivity contribution in [2.75, 3.05) is 6.61 Å². The number of hydrogen-bond acceptors (Lipinski definition) is 3. The number of nitrogens with zero attached hydrogens (tertiary/aromatic N) is 3. The summed E-state index contributed by atoms with van der Waals surface area (Å²) in [5, 5.41) is 2.87. The molecular weight excluding hydrogens is 323 g/mol. The van der Waals surface area contributed by atoms with Crippen LogP contribution in [-0.4, -0.2) is 17.0 Å². The van der Waals surface area contributed by atoms with Crippen LogP contribution in [0.4, 0.5) is 4.39 Å². The number of nitrogens with one attached hydrogen (secondary N) is 1. The predicted octanol–water partition coefficient (Wildman–Crippen LogP) is 3.95. The van der Waals surface area contributed by atoms with Crippen molar-refractivity contribution in [1.29, 1.82) is 0 Å². The largest absolute Gasteiger partial charge is 0.462 e. The lowest BCUT2D eigenvalue weighted by Crippen LogP contribution is -2.04. The van der Waals surface area contributed by atoms with Crippen LogP contribution < -0.4 is 5.43 Å². The van der Waals surface area contributed by atoms with Gasteiger partial charge in [0, 0.05) is 18.0 Å². The Morgan fingerprint density at radius 2 is 2.00 bits per heavy atom. The molecule has 2 heterocycles. The van der Waals surface area contributed by atoms with Crippen LogP contribution in [0.1, 0.15) is 22.8 Å². The molecule has 0 radical (unpaired) electrons. The quantitative estimate of drug-likeness (QED) is 0.420. The summed E-state index contributed by atoms with van der Waals surface area (Å²) < 4.78 is 20.2. The summed E-state index contributed by atoms with van der Waals surface area (Å²) in [6.45, 7) is 2.35. The van der Waals surface area contributed by atoms with E-state index >= 15 is 0 Å². The van der Waals surface area contributed by atoms with Crippen LogP contribution >= 0.6 is 0 Å². The van der Waals surface area contributed by atoms with Gasteiger partial charge in [0.05, 0.1) is 17.7 Å². The Labute approximate surface area is 143 Å². The smallest absolute Gasteiger partial charge is 0.340 e. The fraction of sp³-hybridized carbons (Fsp3) is 0.167. The van der Waals surface area contributed by atoms with Crippen LogP contribution in [0.5, 0.6) is 0 Å². The fourth-order valence-electron chi connectivity index (χ4n) is 2.74. The number of carbonyl (C=O) groups is 1. The summed E-state index contributed by atoms with van der Waals surface area (Å²) in [6.07, 6.45) is 3.51. The van der Waals surface area contributed by atoms with Gasteiger partial charge in [0.25, 0.3) is 0 Å². The minimum absolute atomic E-state index is 0.265. The van der Waals surface area contributed by atoms with Gasteiger partial charge in [0.2, 0.25) is 0 Å². The molecule has 25 heavy (non-hydrogen) atoms. The molecule has 0 aliphatic heterocycles. The normalized spacial score (nSPS) is 10.6. The molecule has 3 rings (SSSR count). The second-order valence-corrected chi connectivity index (χ2v) is 5.41. The van der Waals surface area contributed by atoms with Crippen LogP contribution in [0.15, 0.2) is 54.0 Å². The summed E-state index contributed by atoms with van der Waals surface area (Å²) in [5.74, 6) is -0.776. The van der Waals surface area contributed by atoms with Gasteiger partial charge in [-0.25, -0.2) is 9.18 Å². The summed E-state index contributed by atoms with van der Waals surface area (Å²) in [4.78, 5) is 12.4. The van der Waals surface area contributed by atoms with Gasteiger partial charge in [-0.1, -0.05) is 18.2 Å². The van der Waals surface area contributed by atoms with E-state index in [-0.39, 0.29) is 12.4 Å². The van der Waals surface area contributed by atoms with E-state index in [1.165, 1.54) is 12.1 Å². The minimum atomic E-state index is -0.435. The van der Waals surface area contributed by atoms with Crippen molar-refractivity contribution in [3.63, 3.8) is 0 Å². The molecule has 0 bridgehead atoms. The van der Waals surface area contributed by atoms with Crippen molar-refractivity contribution in [2.24, 2.45) is 5.22 Å². The minimum Gasteiger partial charge on any atom is -0.462 e. The first-order valence-corrected chi connectivity index (χ1v) is 7.77. The van der Waals surface area contributed by atoms with E-state index in [4.69, 9.17) is 10.3 Å². The lowest BCUT2D eigenvalue weighted by atomic mass is 10.0. The zero-order chi connectivity index (χ0) is 17.8. The predicted molar refractivity (Wildman–Crippen MR) is 91.4 cm³/mol. The summed E-state index contributed by atoms with van der Waals surface area (Å²) >= 11 is 0. The van der Waals surface area contributed by atoms with Gasteiger partial charge in [-0.05, 0) is 42.8 Å². The standard InChI is InChI=1S/C18H16FN4O2/c1-2-25-18(24)15-11-23-10-12(9-21-22-20)3-8-16(23)17(15)13-4-6-14(19)7-5-13/h3-8,10-11H,2,9H2,1H3,(H-,20,21)/q-1. The summed E-state index contributed by atoms with van der Waals surface area (Å²) in [7, 11) is 0. The molecule has 0 aliphatic rings. The third-order valence-electron chi connectivity index (χ3n) is 3.81. The third kappa shape index (κ3) is 3.35.